The van der Waals surface area contributed by atoms with Crippen LogP contribution in [0.5, 0.6) is 0 Å². The Labute approximate surface area is 107 Å². The van der Waals surface area contributed by atoms with Gasteiger partial charge in [0.1, 0.15) is 0 Å². The minimum Gasteiger partial charge on any atom is -0.378 e. The molecule has 0 radical (unpaired) electrons. The maximum absolute atomic E-state index is 2.35. The van der Waals surface area contributed by atoms with Gasteiger partial charge in [0.15, 0.2) is 0 Å². The molecule has 0 N–H and O–H groups in total. The fourth-order valence-electron chi connectivity index (χ4n) is 1.74. The van der Waals surface area contributed by atoms with Crippen LogP contribution in [-0.4, -0.2) is 14.1 Å². The molecule has 96 valence electrons. The lowest BCUT2D eigenvalue weighted by Crippen LogP contribution is -2.19. The molecule has 0 saturated carbocycles. The van der Waals surface area contributed by atoms with E-state index in [0.717, 1.165) is 0 Å². The van der Waals surface area contributed by atoms with Crippen molar-refractivity contribution in [3.63, 3.8) is 0 Å². The van der Waals surface area contributed by atoms with Gasteiger partial charge in [-0.05, 0) is 34.1 Å². The molecular weight excluding hydrogens is 206 g/mol. The Morgan fingerprint density at radius 3 is 1.29 bits per heavy atom. The van der Waals surface area contributed by atoms with Gasteiger partial charge < -0.3 is 4.90 Å². The monoisotopic (exact) mass is 233 g/mol. The van der Waals surface area contributed by atoms with Gasteiger partial charge in [-0.1, -0.05) is 47.6 Å². The molecule has 0 unspecified atom stereocenters. The number of hydrogen-bond donors (Lipinski definition) is 0. The van der Waals surface area contributed by atoms with Crippen LogP contribution in [0.1, 0.15) is 52.7 Å². The lowest BCUT2D eigenvalue weighted by molar-refractivity contribution is 0.568. The van der Waals surface area contributed by atoms with Gasteiger partial charge in [0.2, 0.25) is 0 Å². The van der Waals surface area contributed by atoms with E-state index < -0.39 is 0 Å². The Hall–Kier alpha value is -0.980. The SMILES string of the molecule is CN(C)c1cc(C(C)(C)C)cc(C(C)(C)C)c1. The summed E-state index contributed by atoms with van der Waals surface area (Å²) in [5, 5.41) is 0. The van der Waals surface area contributed by atoms with Crippen LogP contribution in [0, 0.1) is 0 Å². The van der Waals surface area contributed by atoms with Crippen molar-refractivity contribution in [2.75, 3.05) is 19.0 Å². The third-order valence-corrected chi connectivity index (χ3v) is 3.17. The Morgan fingerprint density at radius 1 is 0.706 bits per heavy atom. The Balaban J connectivity index is 3.40. The molecule has 0 aliphatic rings. The molecule has 17 heavy (non-hydrogen) atoms. The quantitative estimate of drug-likeness (QED) is 0.697. The normalized spacial score (nSPS) is 12.7. The van der Waals surface area contributed by atoms with Crippen LogP contribution in [0.3, 0.4) is 0 Å². The molecular formula is C16H27N. The summed E-state index contributed by atoms with van der Waals surface area (Å²) in [7, 11) is 4.21. The van der Waals surface area contributed by atoms with Crippen molar-refractivity contribution >= 4 is 5.69 Å². The lowest BCUT2D eigenvalue weighted by Gasteiger charge is -2.27. The molecule has 0 aliphatic heterocycles. The summed E-state index contributed by atoms with van der Waals surface area (Å²) in [6.07, 6.45) is 0. The molecule has 0 atom stereocenters. The highest BCUT2D eigenvalue weighted by atomic mass is 15.1. The Kier molecular flexibility index (Phi) is 3.61. The summed E-state index contributed by atoms with van der Waals surface area (Å²) in [4.78, 5) is 2.18. The first-order valence-corrected chi connectivity index (χ1v) is 6.35. The summed E-state index contributed by atoms with van der Waals surface area (Å²) < 4.78 is 0. The fraction of sp³-hybridized carbons (Fsp3) is 0.625. The number of hydrogen-bond acceptors (Lipinski definition) is 1. The lowest BCUT2D eigenvalue weighted by atomic mass is 9.80. The van der Waals surface area contributed by atoms with Gasteiger partial charge in [0.05, 0.1) is 0 Å². The fourth-order valence-corrected chi connectivity index (χ4v) is 1.74. The standard InChI is InChI=1S/C16H27N/c1-15(2,3)12-9-13(16(4,5)6)11-14(10-12)17(7)8/h9-11H,1-8H3. The van der Waals surface area contributed by atoms with Crippen LogP contribution < -0.4 is 4.90 Å². The summed E-state index contributed by atoms with van der Waals surface area (Å²) in [5.74, 6) is 0. The summed E-state index contributed by atoms with van der Waals surface area (Å²) in [5.41, 5.74) is 4.52. The van der Waals surface area contributed by atoms with Gasteiger partial charge in [0, 0.05) is 19.8 Å². The van der Waals surface area contributed by atoms with Crippen LogP contribution in [0.4, 0.5) is 5.69 Å². The van der Waals surface area contributed by atoms with Crippen molar-refractivity contribution in [1.29, 1.82) is 0 Å². The first-order chi connectivity index (χ1) is 7.51. The molecule has 0 aromatic heterocycles. The molecule has 0 spiro atoms. The van der Waals surface area contributed by atoms with Crippen LogP contribution in [0.15, 0.2) is 18.2 Å². The first-order valence-electron chi connectivity index (χ1n) is 6.35. The molecule has 0 saturated heterocycles. The zero-order chi connectivity index (χ0) is 13.4. The number of benzene rings is 1. The minimum absolute atomic E-state index is 0.200. The van der Waals surface area contributed by atoms with E-state index in [1.165, 1.54) is 16.8 Å². The maximum Gasteiger partial charge on any atom is 0.0366 e. The Morgan fingerprint density at radius 2 is 1.06 bits per heavy atom. The topological polar surface area (TPSA) is 3.24 Å². The van der Waals surface area contributed by atoms with E-state index in [9.17, 15) is 0 Å². The highest BCUT2D eigenvalue weighted by Crippen LogP contribution is 2.32. The predicted molar refractivity (Wildman–Crippen MR) is 78.2 cm³/mol. The van der Waals surface area contributed by atoms with Gasteiger partial charge >= 0.3 is 0 Å². The van der Waals surface area contributed by atoms with Crippen molar-refractivity contribution in [2.45, 2.75) is 52.4 Å². The predicted octanol–water partition coefficient (Wildman–Crippen LogP) is 4.35. The average molecular weight is 233 g/mol. The van der Waals surface area contributed by atoms with Crippen LogP contribution >= 0.6 is 0 Å². The van der Waals surface area contributed by atoms with E-state index in [-0.39, 0.29) is 10.8 Å². The third-order valence-electron chi connectivity index (χ3n) is 3.17. The second kappa shape index (κ2) is 4.36. The van der Waals surface area contributed by atoms with Gasteiger partial charge in [-0.3, -0.25) is 0 Å². The molecule has 1 nitrogen and oxygen atoms in total. The molecule has 1 aromatic carbocycles. The summed E-state index contributed by atoms with van der Waals surface area (Å²) in [6, 6.07) is 6.96. The summed E-state index contributed by atoms with van der Waals surface area (Å²) in [6.45, 7) is 13.6. The van der Waals surface area contributed by atoms with Crippen molar-refractivity contribution in [3.8, 4) is 0 Å². The van der Waals surface area contributed by atoms with Crippen LogP contribution in [0.25, 0.3) is 0 Å². The molecule has 1 heteroatoms. The molecule has 0 heterocycles. The molecule has 0 aliphatic carbocycles. The minimum atomic E-state index is 0.200. The molecule has 0 bridgehead atoms. The van der Waals surface area contributed by atoms with Crippen LogP contribution in [0.2, 0.25) is 0 Å². The van der Waals surface area contributed by atoms with Gasteiger partial charge in [-0.15, -0.1) is 0 Å². The molecule has 1 rings (SSSR count). The first kappa shape index (κ1) is 14.1. The highest BCUT2D eigenvalue weighted by Gasteiger charge is 2.20. The van der Waals surface area contributed by atoms with Gasteiger partial charge in [0.25, 0.3) is 0 Å². The number of anilines is 1. The smallest absolute Gasteiger partial charge is 0.0366 e. The van der Waals surface area contributed by atoms with Crippen molar-refractivity contribution in [1.82, 2.24) is 0 Å². The third kappa shape index (κ3) is 3.49. The number of rotatable bonds is 1. The van der Waals surface area contributed by atoms with E-state index >= 15 is 0 Å². The van der Waals surface area contributed by atoms with Gasteiger partial charge in [-0.2, -0.15) is 0 Å². The van der Waals surface area contributed by atoms with Crippen molar-refractivity contribution < 1.29 is 0 Å². The van der Waals surface area contributed by atoms with E-state index in [1.807, 2.05) is 0 Å². The number of nitrogens with zero attached hydrogens (tertiary/aromatic N) is 1. The van der Waals surface area contributed by atoms with E-state index in [2.05, 4.69) is 78.7 Å². The molecule has 0 amide bonds. The molecule has 1 aromatic rings. The highest BCUT2D eigenvalue weighted by molar-refractivity contribution is 5.53. The maximum atomic E-state index is 2.35. The van der Waals surface area contributed by atoms with E-state index in [1.54, 1.807) is 0 Å². The van der Waals surface area contributed by atoms with E-state index in [4.69, 9.17) is 0 Å². The zero-order valence-electron chi connectivity index (χ0n) is 12.7. The van der Waals surface area contributed by atoms with Crippen LogP contribution in [-0.2, 0) is 10.8 Å². The molecule has 0 fully saturated rings. The van der Waals surface area contributed by atoms with Crippen molar-refractivity contribution in [3.05, 3.63) is 29.3 Å². The van der Waals surface area contributed by atoms with Crippen molar-refractivity contribution in [2.24, 2.45) is 0 Å². The van der Waals surface area contributed by atoms with E-state index in [0.29, 0.717) is 0 Å². The Bertz CT molecular complexity index is 357. The largest absolute Gasteiger partial charge is 0.378 e. The second-order valence-corrected chi connectivity index (χ2v) is 7.16. The summed E-state index contributed by atoms with van der Waals surface area (Å²) >= 11 is 0. The average Bonchev–Trinajstić information content (AvgIpc) is 2.14. The zero-order valence-corrected chi connectivity index (χ0v) is 12.7. The second-order valence-electron chi connectivity index (χ2n) is 7.16. The van der Waals surface area contributed by atoms with Gasteiger partial charge in [-0.25, -0.2) is 0 Å².